The van der Waals surface area contributed by atoms with E-state index in [9.17, 15) is 14.4 Å². The van der Waals surface area contributed by atoms with Crippen LogP contribution < -0.4 is 4.90 Å². The summed E-state index contributed by atoms with van der Waals surface area (Å²) in [6, 6.07) is 14.0. The molecule has 5 rings (SSSR count). The molecule has 2 aliphatic heterocycles. The van der Waals surface area contributed by atoms with Crippen molar-refractivity contribution in [3.05, 3.63) is 64.8 Å². The second kappa shape index (κ2) is 9.62. The number of anilines is 1. The fourth-order valence-electron chi connectivity index (χ4n) is 4.74. The minimum absolute atomic E-state index is 0.0493. The molecule has 1 unspecified atom stereocenters. The van der Waals surface area contributed by atoms with E-state index in [1.807, 2.05) is 30.3 Å². The molecule has 2 amide bonds. The van der Waals surface area contributed by atoms with Crippen molar-refractivity contribution in [3.8, 4) is 0 Å². The molecule has 2 aliphatic rings. The number of hydrogen-bond donors (Lipinski definition) is 0. The number of piperidine rings is 1. The number of halogens is 1. The monoisotopic (exact) mass is 492 g/mol. The smallest absolute Gasteiger partial charge is 0.305 e. The number of carbonyl (C=O) groups excluding carboxylic acids is 3. The first kappa shape index (κ1) is 23.2. The van der Waals surface area contributed by atoms with Crippen molar-refractivity contribution in [1.82, 2.24) is 14.9 Å². The number of nitrogens with zero attached hydrogens (tertiary/aromatic N) is 4. The van der Waals surface area contributed by atoms with Crippen molar-refractivity contribution in [2.75, 3.05) is 18.0 Å². The fraction of sp³-hybridized carbons (Fsp3) is 0.346. The van der Waals surface area contributed by atoms with E-state index in [1.54, 1.807) is 34.9 Å². The molecule has 9 heteroatoms. The van der Waals surface area contributed by atoms with E-state index in [2.05, 4.69) is 9.97 Å². The molecule has 1 atom stereocenters. The molecule has 4 heterocycles. The van der Waals surface area contributed by atoms with Crippen LogP contribution in [0.3, 0.4) is 0 Å². The number of likely N-dealkylation sites (tertiary alicyclic amines) is 1. The Hall–Kier alpha value is -3.52. The van der Waals surface area contributed by atoms with Gasteiger partial charge < -0.3 is 9.64 Å². The number of aromatic nitrogens is 2. The van der Waals surface area contributed by atoms with Crippen molar-refractivity contribution >= 4 is 46.2 Å². The van der Waals surface area contributed by atoms with E-state index in [0.717, 1.165) is 10.9 Å². The highest BCUT2D eigenvalue weighted by molar-refractivity contribution is 6.29. The zero-order chi connectivity index (χ0) is 24.5. The van der Waals surface area contributed by atoms with Crippen LogP contribution in [0.2, 0.25) is 5.15 Å². The molecular weight excluding hydrogens is 468 g/mol. The number of esters is 1. The predicted molar refractivity (Wildman–Crippen MR) is 131 cm³/mol. The second-order valence-corrected chi connectivity index (χ2v) is 9.14. The summed E-state index contributed by atoms with van der Waals surface area (Å²) < 4.78 is 5.43. The Morgan fingerprint density at radius 1 is 1.06 bits per heavy atom. The van der Waals surface area contributed by atoms with E-state index in [0.29, 0.717) is 54.5 Å². The summed E-state index contributed by atoms with van der Waals surface area (Å²) in [6.07, 6.45) is 1.54. The van der Waals surface area contributed by atoms with Gasteiger partial charge in [-0.1, -0.05) is 36.7 Å². The maximum atomic E-state index is 13.4. The van der Waals surface area contributed by atoms with Crippen LogP contribution in [-0.2, 0) is 14.3 Å². The maximum absolute atomic E-state index is 13.4. The Balaban J connectivity index is 1.39. The number of ether oxygens (including phenoxy) is 1. The molecule has 1 saturated heterocycles. The first-order valence-electron chi connectivity index (χ1n) is 11.8. The standard InChI is InChI=1S/C26H25ClN4O4/c1-2-24(33)35-17-11-13-30(14-12-17)23(32)15-20-18-5-3-4-6-19(18)26(34)31(20)22-10-8-16-7-9-21(27)28-25(16)29-22/h3-10,17,20H,2,11-15H2,1H3. The van der Waals surface area contributed by atoms with Crippen molar-refractivity contribution < 1.29 is 19.1 Å². The lowest BCUT2D eigenvalue weighted by Crippen LogP contribution is -2.43. The molecule has 2 aromatic heterocycles. The Morgan fingerprint density at radius 2 is 1.80 bits per heavy atom. The third kappa shape index (κ3) is 4.58. The number of fused-ring (bicyclic) bond motifs is 2. The van der Waals surface area contributed by atoms with E-state index in [-0.39, 0.29) is 30.3 Å². The van der Waals surface area contributed by atoms with Gasteiger partial charge in [0.1, 0.15) is 17.1 Å². The zero-order valence-corrected chi connectivity index (χ0v) is 20.1. The summed E-state index contributed by atoms with van der Waals surface area (Å²) in [5.41, 5.74) is 1.81. The van der Waals surface area contributed by atoms with E-state index in [4.69, 9.17) is 16.3 Å². The van der Waals surface area contributed by atoms with Crippen molar-refractivity contribution in [3.63, 3.8) is 0 Å². The molecule has 3 aromatic rings. The van der Waals surface area contributed by atoms with Gasteiger partial charge >= 0.3 is 5.97 Å². The van der Waals surface area contributed by atoms with E-state index < -0.39 is 6.04 Å². The quantitative estimate of drug-likeness (QED) is 0.389. The van der Waals surface area contributed by atoms with E-state index >= 15 is 0 Å². The van der Waals surface area contributed by atoms with Crippen LogP contribution in [0, 0.1) is 0 Å². The Bertz CT molecular complexity index is 1310. The number of rotatable bonds is 5. The highest BCUT2D eigenvalue weighted by Gasteiger charge is 2.40. The molecule has 0 saturated carbocycles. The summed E-state index contributed by atoms with van der Waals surface area (Å²) in [5, 5.41) is 1.12. The normalized spacial score (nSPS) is 18.1. The third-order valence-corrected chi connectivity index (χ3v) is 6.79. The predicted octanol–water partition coefficient (Wildman–Crippen LogP) is 4.32. The lowest BCUT2D eigenvalue weighted by Gasteiger charge is -2.33. The van der Waals surface area contributed by atoms with Gasteiger partial charge in [0.25, 0.3) is 5.91 Å². The SMILES string of the molecule is CCC(=O)OC1CCN(C(=O)CC2c3ccccc3C(=O)N2c2ccc3ccc(Cl)nc3n2)CC1. The highest BCUT2D eigenvalue weighted by Crippen LogP contribution is 2.39. The van der Waals surface area contributed by atoms with Gasteiger partial charge in [-0.15, -0.1) is 0 Å². The fourth-order valence-corrected chi connectivity index (χ4v) is 4.89. The van der Waals surface area contributed by atoms with Gasteiger partial charge in [0, 0.05) is 43.3 Å². The molecule has 0 radical (unpaired) electrons. The van der Waals surface area contributed by atoms with Crippen LogP contribution in [0.5, 0.6) is 0 Å². The molecule has 180 valence electrons. The Labute approximate surface area is 207 Å². The van der Waals surface area contributed by atoms with Crippen LogP contribution >= 0.6 is 11.6 Å². The maximum Gasteiger partial charge on any atom is 0.305 e. The van der Waals surface area contributed by atoms with Gasteiger partial charge in [-0.25, -0.2) is 9.97 Å². The van der Waals surface area contributed by atoms with Crippen LogP contribution in [0.25, 0.3) is 11.0 Å². The van der Waals surface area contributed by atoms with Gasteiger partial charge in [-0.2, -0.15) is 0 Å². The largest absolute Gasteiger partial charge is 0.462 e. The molecule has 8 nitrogen and oxygen atoms in total. The molecule has 1 aromatic carbocycles. The van der Waals surface area contributed by atoms with Gasteiger partial charge in [0.05, 0.1) is 12.5 Å². The summed E-state index contributed by atoms with van der Waals surface area (Å²) in [6.45, 7) is 2.79. The van der Waals surface area contributed by atoms with Gasteiger partial charge in [-0.05, 0) is 35.9 Å². The van der Waals surface area contributed by atoms with Crippen LogP contribution in [0.1, 0.15) is 54.6 Å². The minimum atomic E-state index is -0.481. The number of hydrogen-bond acceptors (Lipinski definition) is 6. The summed E-state index contributed by atoms with van der Waals surface area (Å²) in [7, 11) is 0. The lowest BCUT2D eigenvalue weighted by atomic mass is 10.0. The van der Waals surface area contributed by atoms with Gasteiger partial charge in [-0.3, -0.25) is 19.3 Å². The molecule has 35 heavy (non-hydrogen) atoms. The molecule has 0 spiro atoms. The number of carbonyl (C=O) groups is 3. The van der Waals surface area contributed by atoms with Crippen LogP contribution in [-0.4, -0.2) is 51.8 Å². The topological polar surface area (TPSA) is 92.7 Å². The minimum Gasteiger partial charge on any atom is -0.462 e. The average Bonchev–Trinajstić information content (AvgIpc) is 3.15. The Morgan fingerprint density at radius 3 is 2.57 bits per heavy atom. The average molecular weight is 493 g/mol. The highest BCUT2D eigenvalue weighted by atomic mass is 35.5. The number of benzene rings is 1. The first-order valence-corrected chi connectivity index (χ1v) is 12.2. The Kier molecular flexibility index (Phi) is 6.38. The van der Waals surface area contributed by atoms with Crippen LogP contribution in [0.4, 0.5) is 5.82 Å². The van der Waals surface area contributed by atoms with Crippen molar-refractivity contribution in [2.45, 2.75) is 44.8 Å². The van der Waals surface area contributed by atoms with Crippen molar-refractivity contribution in [2.24, 2.45) is 0 Å². The molecular formula is C26H25ClN4O4. The van der Waals surface area contributed by atoms with Gasteiger partial charge in [0.2, 0.25) is 5.91 Å². The molecule has 0 bridgehead atoms. The van der Waals surface area contributed by atoms with Crippen LogP contribution in [0.15, 0.2) is 48.5 Å². The first-order chi connectivity index (χ1) is 16.9. The molecule has 0 aliphatic carbocycles. The summed E-state index contributed by atoms with van der Waals surface area (Å²) >= 11 is 6.05. The number of pyridine rings is 2. The van der Waals surface area contributed by atoms with Crippen molar-refractivity contribution in [1.29, 1.82) is 0 Å². The van der Waals surface area contributed by atoms with E-state index in [1.165, 1.54) is 0 Å². The number of amides is 2. The third-order valence-electron chi connectivity index (χ3n) is 6.58. The molecule has 1 fully saturated rings. The zero-order valence-electron chi connectivity index (χ0n) is 19.3. The summed E-state index contributed by atoms with van der Waals surface area (Å²) in [4.78, 5) is 50.6. The molecule has 0 N–H and O–H groups in total. The lowest BCUT2D eigenvalue weighted by molar-refractivity contribution is -0.151. The van der Waals surface area contributed by atoms with Gasteiger partial charge in [0.15, 0.2) is 5.65 Å². The summed E-state index contributed by atoms with van der Waals surface area (Å²) in [5.74, 6) is -0.0363. The second-order valence-electron chi connectivity index (χ2n) is 8.76.